The van der Waals surface area contributed by atoms with Gasteiger partial charge in [0.15, 0.2) is 0 Å². The maximum Gasteiger partial charge on any atom is 0.237 e. The highest BCUT2D eigenvalue weighted by molar-refractivity contribution is 6.30. The maximum atomic E-state index is 13.5. The Morgan fingerprint density at radius 1 is 0.929 bits per heavy atom. The number of fused-ring (bicyclic) bond motifs is 1. The minimum absolute atomic E-state index is 0.0161. The molecule has 2 fully saturated rings. The molecule has 0 unspecified atom stereocenters. The van der Waals surface area contributed by atoms with Gasteiger partial charge in [0, 0.05) is 75.5 Å². The number of anilines is 1. The molecule has 0 saturated carbocycles. The second kappa shape index (κ2) is 13.3. The van der Waals surface area contributed by atoms with Crippen LogP contribution in [0.5, 0.6) is 0 Å². The minimum atomic E-state index is -0.233. The molecule has 3 aliphatic rings. The quantitative estimate of drug-likeness (QED) is 0.397. The lowest BCUT2D eigenvalue weighted by Gasteiger charge is -2.39. The Hall–Kier alpha value is -3.39. The van der Waals surface area contributed by atoms with Crippen LogP contribution >= 0.6 is 11.6 Å². The van der Waals surface area contributed by atoms with Gasteiger partial charge in [-0.15, -0.1) is 0 Å². The Morgan fingerprint density at radius 2 is 1.67 bits per heavy atom. The first-order valence-corrected chi connectivity index (χ1v) is 15.6. The number of hydrogen-bond donors (Lipinski definition) is 2. The molecule has 6 rings (SSSR count). The van der Waals surface area contributed by atoms with E-state index in [1.165, 1.54) is 22.4 Å². The van der Waals surface area contributed by atoms with Crippen molar-refractivity contribution in [3.05, 3.63) is 100 Å². The average Bonchev–Trinajstić information content (AvgIpc) is 3.42. The van der Waals surface area contributed by atoms with Crippen LogP contribution in [0.1, 0.15) is 35.1 Å². The van der Waals surface area contributed by atoms with Crippen LogP contribution in [0.15, 0.2) is 72.8 Å². The smallest absolute Gasteiger partial charge is 0.237 e. The fourth-order valence-corrected chi connectivity index (χ4v) is 6.65. The zero-order chi connectivity index (χ0) is 28.9. The van der Waals surface area contributed by atoms with Gasteiger partial charge in [0.25, 0.3) is 0 Å². The highest BCUT2D eigenvalue weighted by Gasteiger charge is 2.28. The van der Waals surface area contributed by atoms with Gasteiger partial charge < -0.3 is 20.4 Å². The largest absolute Gasteiger partial charge is 0.369 e. The van der Waals surface area contributed by atoms with Crippen LogP contribution in [0.4, 0.5) is 5.69 Å². The number of hydrogen-bond acceptors (Lipinski definition) is 5. The molecule has 0 aliphatic carbocycles. The van der Waals surface area contributed by atoms with Crippen molar-refractivity contribution in [2.45, 2.75) is 50.9 Å². The Labute approximate surface area is 253 Å². The highest BCUT2D eigenvalue weighted by atomic mass is 35.5. The molecular formula is C34H40ClN5O2. The number of para-hydroxylation sites is 1. The van der Waals surface area contributed by atoms with Gasteiger partial charge in [-0.1, -0.05) is 66.2 Å². The van der Waals surface area contributed by atoms with Gasteiger partial charge in [0.2, 0.25) is 11.8 Å². The third-order valence-corrected chi connectivity index (χ3v) is 9.11. The van der Waals surface area contributed by atoms with E-state index in [2.05, 4.69) is 75.0 Å². The van der Waals surface area contributed by atoms with Crippen LogP contribution in [0.3, 0.4) is 0 Å². The van der Waals surface area contributed by atoms with Crippen LogP contribution in [0.2, 0.25) is 5.02 Å². The number of nitrogens with one attached hydrogen (secondary N) is 2. The zero-order valence-electron chi connectivity index (χ0n) is 24.1. The van der Waals surface area contributed by atoms with Crippen molar-refractivity contribution in [2.24, 2.45) is 0 Å². The molecule has 3 aliphatic heterocycles. The molecule has 8 heteroatoms. The number of carbonyl (C=O) groups is 2. The van der Waals surface area contributed by atoms with E-state index in [1.54, 1.807) is 0 Å². The van der Waals surface area contributed by atoms with Crippen molar-refractivity contribution in [2.75, 3.05) is 44.2 Å². The normalized spacial score (nSPS) is 19.9. The summed E-state index contributed by atoms with van der Waals surface area (Å²) in [5, 5.41) is 7.55. The average molecular weight is 586 g/mol. The topological polar surface area (TPSA) is 67.9 Å². The predicted octanol–water partition coefficient (Wildman–Crippen LogP) is 4.03. The molecule has 7 nitrogen and oxygen atoms in total. The Kier molecular flexibility index (Phi) is 9.08. The Morgan fingerprint density at radius 3 is 2.43 bits per heavy atom. The molecule has 220 valence electrons. The van der Waals surface area contributed by atoms with E-state index >= 15 is 0 Å². The lowest BCUT2D eigenvalue weighted by atomic mass is 9.95. The van der Waals surface area contributed by atoms with Gasteiger partial charge >= 0.3 is 0 Å². The van der Waals surface area contributed by atoms with Crippen molar-refractivity contribution in [1.82, 2.24) is 20.4 Å². The second-order valence-corrected chi connectivity index (χ2v) is 12.2. The van der Waals surface area contributed by atoms with Crippen LogP contribution in [0, 0.1) is 0 Å². The van der Waals surface area contributed by atoms with E-state index in [0.29, 0.717) is 25.9 Å². The number of amides is 2. The van der Waals surface area contributed by atoms with Gasteiger partial charge in [-0.05, 0) is 59.7 Å². The molecule has 3 aromatic rings. The molecule has 0 aromatic heterocycles. The van der Waals surface area contributed by atoms with Crippen LogP contribution in [-0.4, -0.2) is 73.0 Å². The third kappa shape index (κ3) is 6.97. The predicted molar refractivity (Wildman–Crippen MR) is 168 cm³/mol. The number of rotatable bonds is 9. The van der Waals surface area contributed by atoms with Gasteiger partial charge in [0.05, 0.1) is 6.04 Å². The molecule has 3 heterocycles. The summed E-state index contributed by atoms with van der Waals surface area (Å²) in [5.41, 5.74) is 6.12. The molecule has 2 atom stereocenters. The molecule has 0 radical (unpaired) electrons. The van der Waals surface area contributed by atoms with Crippen molar-refractivity contribution >= 4 is 29.1 Å². The Bertz CT molecular complexity index is 1390. The van der Waals surface area contributed by atoms with Gasteiger partial charge in [-0.25, -0.2) is 0 Å². The van der Waals surface area contributed by atoms with Crippen molar-refractivity contribution in [1.29, 1.82) is 0 Å². The first kappa shape index (κ1) is 28.7. The van der Waals surface area contributed by atoms with E-state index in [4.69, 9.17) is 11.6 Å². The fraction of sp³-hybridized carbons (Fsp3) is 0.412. The van der Waals surface area contributed by atoms with E-state index in [9.17, 15) is 9.59 Å². The fourth-order valence-electron chi connectivity index (χ4n) is 6.52. The number of piperazine rings is 1. The lowest BCUT2D eigenvalue weighted by Crippen LogP contribution is -2.55. The second-order valence-electron chi connectivity index (χ2n) is 11.8. The van der Waals surface area contributed by atoms with Crippen molar-refractivity contribution < 1.29 is 9.59 Å². The molecule has 0 bridgehead atoms. The van der Waals surface area contributed by atoms with Gasteiger partial charge in [-0.2, -0.15) is 0 Å². The molecule has 42 heavy (non-hydrogen) atoms. The first-order valence-electron chi connectivity index (χ1n) is 15.2. The maximum absolute atomic E-state index is 13.5. The Balaban J connectivity index is 1.09. The summed E-state index contributed by atoms with van der Waals surface area (Å²) in [6.45, 7) is 6.69. The highest BCUT2D eigenvalue weighted by Crippen LogP contribution is 2.25. The molecule has 2 N–H and O–H groups in total. The molecule has 0 spiro atoms. The zero-order valence-corrected chi connectivity index (χ0v) is 24.9. The summed E-state index contributed by atoms with van der Waals surface area (Å²) in [4.78, 5) is 32.6. The van der Waals surface area contributed by atoms with E-state index in [0.717, 1.165) is 62.7 Å². The standard InChI is InChI=1S/C34H40ClN5O2/c35-29-13-11-25(12-14-29)20-30(37-34(42)31-21-26-6-1-2-7-27(26)22-36-31)24-38-16-18-39(19-17-38)32-9-4-3-8-28(32)23-40-15-5-10-33(40)41/h1-4,6-9,11-14,30-31,36H,5,10,15-24H2,(H,37,42)/t30-,31+/m1/s1. The van der Waals surface area contributed by atoms with E-state index in [1.807, 2.05) is 23.1 Å². The summed E-state index contributed by atoms with van der Waals surface area (Å²) in [7, 11) is 0. The third-order valence-electron chi connectivity index (χ3n) is 8.86. The van der Waals surface area contributed by atoms with Gasteiger partial charge in [-0.3, -0.25) is 14.5 Å². The van der Waals surface area contributed by atoms with Crippen molar-refractivity contribution in [3.8, 4) is 0 Å². The van der Waals surface area contributed by atoms with Crippen LogP contribution in [0.25, 0.3) is 0 Å². The molecular weight excluding hydrogens is 546 g/mol. The summed E-state index contributed by atoms with van der Waals surface area (Å²) in [6.07, 6.45) is 3.08. The van der Waals surface area contributed by atoms with Gasteiger partial charge in [0.1, 0.15) is 0 Å². The van der Waals surface area contributed by atoms with E-state index in [-0.39, 0.29) is 23.9 Å². The summed E-state index contributed by atoms with van der Waals surface area (Å²) in [6, 6.07) is 24.5. The SMILES string of the molecule is O=C(N[C@H](Cc1ccc(Cl)cc1)CN1CCN(c2ccccc2CN2CCCC2=O)CC1)[C@@H]1Cc2ccccc2CN1. The molecule has 3 aromatic carbocycles. The monoisotopic (exact) mass is 585 g/mol. The van der Waals surface area contributed by atoms with Crippen molar-refractivity contribution in [3.63, 3.8) is 0 Å². The number of likely N-dealkylation sites (tertiary alicyclic amines) is 1. The number of carbonyl (C=O) groups excluding carboxylic acids is 2. The molecule has 2 saturated heterocycles. The summed E-state index contributed by atoms with van der Waals surface area (Å²) < 4.78 is 0. The van der Waals surface area contributed by atoms with Crippen LogP contribution in [-0.2, 0) is 35.5 Å². The first-order chi connectivity index (χ1) is 20.5. The lowest BCUT2D eigenvalue weighted by molar-refractivity contribution is -0.128. The summed E-state index contributed by atoms with van der Waals surface area (Å²) in [5.74, 6) is 0.323. The number of halogens is 1. The van der Waals surface area contributed by atoms with Crippen LogP contribution < -0.4 is 15.5 Å². The van der Waals surface area contributed by atoms with E-state index < -0.39 is 0 Å². The summed E-state index contributed by atoms with van der Waals surface area (Å²) >= 11 is 6.15. The number of benzene rings is 3. The number of nitrogens with zero attached hydrogens (tertiary/aromatic N) is 3. The molecule has 2 amide bonds. The minimum Gasteiger partial charge on any atom is -0.369 e.